The topological polar surface area (TPSA) is 61.9 Å². The molecular formula is C21H31N3O3. The van der Waals surface area contributed by atoms with Crippen LogP contribution in [0.3, 0.4) is 0 Å². The number of piperidine rings is 1. The van der Waals surface area contributed by atoms with Gasteiger partial charge in [0.15, 0.2) is 6.10 Å². The number of ether oxygens (including phenoxy) is 1. The maximum Gasteiger partial charge on any atom is 0.268 e. The van der Waals surface area contributed by atoms with Gasteiger partial charge in [-0.15, -0.1) is 0 Å². The highest BCUT2D eigenvalue weighted by Crippen LogP contribution is 2.34. The highest BCUT2D eigenvalue weighted by molar-refractivity contribution is 6.03. The summed E-state index contributed by atoms with van der Waals surface area (Å²) in [4.78, 5) is 29.2. The van der Waals surface area contributed by atoms with Gasteiger partial charge >= 0.3 is 0 Å². The van der Waals surface area contributed by atoms with Crippen molar-refractivity contribution in [1.82, 2.24) is 10.2 Å². The van der Waals surface area contributed by atoms with Gasteiger partial charge in [-0.3, -0.25) is 19.4 Å². The minimum absolute atomic E-state index is 0.0286. The van der Waals surface area contributed by atoms with Gasteiger partial charge in [-0.05, 0) is 45.2 Å². The second-order valence-electron chi connectivity index (χ2n) is 7.62. The fourth-order valence-electron chi connectivity index (χ4n) is 4.14. The zero-order chi connectivity index (χ0) is 19.4. The van der Waals surface area contributed by atoms with E-state index in [2.05, 4.69) is 24.1 Å². The molecular weight excluding hydrogens is 342 g/mol. The monoisotopic (exact) mass is 373 g/mol. The van der Waals surface area contributed by atoms with Crippen LogP contribution < -0.4 is 15.0 Å². The molecule has 3 atom stereocenters. The minimum Gasteiger partial charge on any atom is -0.478 e. The molecule has 1 aromatic carbocycles. The number of likely N-dealkylation sites (tertiary alicyclic amines) is 1. The van der Waals surface area contributed by atoms with Crippen molar-refractivity contribution in [1.29, 1.82) is 0 Å². The van der Waals surface area contributed by atoms with Crippen LogP contribution in [0, 0.1) is 0 Å². The number of carbonyl (C=O) groups is 2. The van der Waals surface area contributed by atoms with E-state index in [9.17, 15) is 9.59 Å². The minimum atomic E-state index is -0.525. The number of benzene rings is 1. The van der Waals surface area contributed by atoms with Crippen LogP contribution in [-0.4, -0.2) is 54.5 Å². The van der Waals surface area contributed by atoms with E-state index < -0.39 is 6.10 Å². The largest absolute Gasteiger partial charge is 0.478 e. The van der Waals surface area contributed by atoms with E-state index in [-0.39, 0.29) is 18.4 Å². The third-order valence-corrected chi connectivity index (χ3v) is 5.71. The van der Waals surface area contributed by atoms with E-state index in [1.54, 1.807) is 4.90 Å². The number of anilines is 1. The lowest BCUT2D eigenvalue weighted by molar-refractivity contribution is -0.129. The van der Waals surface area contributed by atoms with Crippen molar-refractivity contribution in [3.63, 3.8) is 0 Å². The predicted molar refractivity (Wildman–Crippen MR) is 106 cm³/mol. The Bertz CT molecular complexity index is 668. The van der Waals surface area contributed by atoms with Crippen LogP contribution in [0.4, 0.5) is 5.69 Å². The van der Waals surface area contributed by atoms with Crippen molar-refractivity contribution >= 4 is 17.5 Å². The maximum absolute atomic E-state index is 12.7. The molecule has 1 N–H and O–H groups in total. The molecule has 6 heteroatoms. The van der Waals surface area contributed by atoms with E-state index in [1.807, 2.05) is 31.2 Å². The third kappa shape index (κ3) is 4.43. The first-order chi connectivity index (χ1) is 13.0. The van der Waals surface area contributed by atoms with Crippen LogP contribution in [0.25, 0.3) is 0 Å². The van der Waals surface area contributed by atoms with Crippen LogP contribution in [-0.2, 0) is 9.59 Å². The standard InChI is InChI=1S/C21H31N3O3/c1-4-18-21(26)24(17-10-5-6-11-19(17)27-18)14-20(25)22-12-13-23-15(2)8-7-9-16(23)3/h5-6,10-11,15-16,18H,4,7-9,12-14H2,1-3H3,(H,22,25)/t15-,16-,18+/m1/s1. The van der Waals surface area contributed by atoms with Gasteiger partial charge in [-0.2, -0.15) is 0 Å². The highest BCUT2D eigenvalue weighted by Gasteiger charge is 2.34. The summed E-state index contributed by atoms with van der Waals surface area (Å²) < 4.78 is 5.76. The number of amides is 2. The summed E-state index contributed by atoms with van der Waals surface area (Å²) in [7, 11) is 0. The van der Waals surface area contributed by atoms with Crippen LogP contribution in [0.1, 0.15) is 46.5 Å². The van der Waals surface area contributed by atoms with Gasteiger partial charge in [0.2, 0.25) is 5.91 Å². The SMILES string of the molecule is CC[C@@H]1Oc2ccccc2N(CC(=O)NCCN2[C@H](C)CCC[C@H]2C)C1=O. The summed E-state index contributed by atoms with van der Waals surface area (Å²) in [5.41, 5.74) is 0.667. The quantitative estimate of drug-likeness (QED) is 0.833. The third-order valence-electron chi connectivity index (χ3n) is 5.71. The van der Waals surface area contributed by atoms with E-state index >= 15 is 0 Å². The lowest BCUT2D eigenvalue weighted by Crippen LogP contribution is -2.51. The molecule has 0 saturated carbocycles. The number of nitrogens with one attached hydrogen (secondary N) is 1. The van der Waals surface area contributed by atoms with Gasteiger partial charge in [0.1, 0.15) is 12.3 Å². The van der Waals surface area contributed by atoms with Crippen molar-refractivity contribution in [2.24, 2.45) is 0 Å². The molecule has 148 valence electrons. The molecule has 0 aliphatic carbocycles. The summed E-state index contributed by atoms with van der Waals surface area (Å²) in [6.07, 6.45) is 3.77. The van der Waals surface area contributed by atoms with Crippen molar-refractivity contribution in [3.05, 3.63) is 24.3 Å². The van der Waals surface area contributed by atoms with Crippen molar-refractivity contribution in [2.45, 2.75) is 64.6 Å². The molecule has 2 amide bonds. The number of nitrogens with zero attached hydrogens (tertiary/aromatic N) is 2. The zero-order valence-electron chi connectivity index (χ0n) is 16.6. The first-order valence-corrected chi connectivity index (χ1v) is 10.1. The molecule has 0 bridgehead atoms. The summed E-state index contributed by atoms with van der Waals surface area (Å²) in [5.74, 6) is 0.379. The Morgan fingerprint density at radius 1 is 1.22 bits per heavy atom. The molecule has 2 aliphatic rings. The second-order valence-corrected chi connectivity index (χ2v) is 7.62. The highest BCUT2D eigenvalue weighted by atomic mass is 16.5. The molecule has 1 saturated heterocycles. The van der Waals surface area contributed by atoms with E-state index in [0.29, 0.717) is 36.5 Å². The first-order valence-electron chi connectivity index (χ1n) is 10.1. The molecule has 0 aromatic heterocycles. The van der Waals surface area contributed by atoms with Crippen LogP contribution in [0.5, 0.6) is 5.75 Å². The Labute approximate surface area is 161 Å². The van der Waals surface area contributed by atoms with Crippen LogP contribution in [0.15, 0.2) is 24.3 Å². The molecule has 0 radical (unpaired) electrons. The molecule has 0 unspecified atom stereocenters. The fourth-order valence-corrected chi connectivity index (χ4v) is 4.14. The Hall–Kier alpha value is -2.08. The van der Waals surface area contributed by atoms with E-state index in [1.165, 1.54) is 19.3 Å². The smallest absolute Gasteiger partial charge is 0.268 e. The summed E-state index contributed by atoms with van der Waals surface area (Å²) in [6, 6.07) is 8.51. The number of rotatable bonds is 6. The van der Waals surface area contributed by atoms with Crippen molar-refractivity contribution in [3.8, 4) is 5.75 Å². The number of para-hydroxylation sites is 2. The van der Waals surface area contributed by atoms with E-state index in [0.717, 1.165) is 6.54 Å². The van der Waals surface area contributed by atoms with Gasteiger partial charge in [-0.25, -0.2) is 0 Å². The molecule has 3 rings (SSSR count). The Kier molecular flexibility index (Phi) is 6.37. The number of hydrogen-bond acceptors (Lipinski definition) is 4. The molecule has 2 aliphatic heterocycles. The molecule has 1 aromatic rings. The maximum atomic E-state index is 12.7. The summed E-state index contributed by atoms with van der Waals surface area (Å²) in [5, 5.41) is 2.99. The Morgan fingerprint density at radius 3 is 2.63 bits per heavy atom. The van der Waals surface area contributed by atoms with Gasteiger partial charge in [0, 0.05) is 25.2 Å². The Balaban J connectivity index is 1.57. The predicted octanol–water partition coefficient (Wildman–Crippen LogP) is 2.57. The number of carbonyl (C=O) groups excluding carboxylic acids is 2. The molecule has 2 heterocycles. The lowest BCUT2D eigenvalue weighted by atomic mass is 9.98. The zero-order valence-corrected chi connectivity index (χ0v) is 16.6. The van der Waals surface area contributed by atoms with Gasteiger partial charge in [-0.1, -0.05) is 25.5 Å². The second kappa shape index (κ2) is 8.74. The normalized spacial score (nSPS) is 25.7. The van der Waals surface area contributed by atoms with E-state index in [4.69, 9.17) is 4.74 Å². The molecule has 27 heavy (non-hydrogen) atoms. The van der Waals surface area contributed by atoms with Gasteiger partial charge in [0.05, 0.1) is 5.69 Å². The van der Waals surface area contributed by atoms with Crippen molar-refractivity contribution < 1.29 is 14.3 Å². The summed E-state index contributed by atoms with van der Waals surface area (Å²) in [6.45, 7) is 7.90. The fraction of sp³-hybridized carbons (Fsp3) is 0.619. The average Bonchev–Trinajstić information content (AvgIpc) is 2.66. The average molecular weight is 373 g/mol. The Morgan fingerprint density at radius 2 is 1.93 bits per heavy atom. The van der Waals surface area contributed by atoms with Crippen LogP contribution >= 0.6 is 0 Å². The molecule has 6 nitrogen and oxygen atoms in total. The van der Waals surface area contributed by atoms with Gasteiger partial charge in [0.25, 0.3) is 5.91 Å². The van der Waals surface area contributed by atoms with Crippen molar-refractivity contribution in [2.75, 3.05) is 24.5 Å². The first kappa shape index (κ1) is 19.7. The number of fused-ring (bicyclic) bond motifs is 1. The lowest BCUT2D eigenvalue weighted by Gasteiger charge is -2.39. The van der Waals surface area contributed by atoms with Gasteiger partial charge < -0.3 is 10.1 Å². The molecule has 0 spiro atoms. The van der Waals surface area contributed by atoms with Crippen LogP contribution in [0.2, 0.25) is 0 Å². The number of hydrogen-bond donors (Lipinski definition) is 1. The molecule has 1 fully saturated rings. The summed E-state index contributed by atoms with van der Waals surface area (Å²) >= 11 is 0.